The molecule has 0 aromatic heterocycles. The zero-order valence-electron chi connectivity index (χ0n) is 5.70. The molecule has 0 amide bonds. The Bertz CT molecular complexity index is 171. The van der Waals surface area contributed by atoms with Crippen LogP contribution in [-0.2, 0) is 9.99 Å². The second-order valence-electron chi connectivity index (χ2n) is 2.41. The fourth-order valence-electron chi connectivity index (χ4n) is 0.330. The van der Waals surface area contributed by atoms with Gasteiger partial charge in [-0.2, -0.15) is 0 Å². The van der Waals surface area contributed by atoms with Gasteiger partial charge in [0.25, 0.3) is 0 Å². The molecule has 56 valence electrons. The molecule has 0 saturated heterocycles. The molecule has 0 aliphatic rings. The standard InChI is InChI=1S/C5H13NO2S/c1-5(2)3-4-9(6,7)8/h4-5H,3H2,1-2H3,(H3,6,7,8). The van der Waals surface area contributed by atoms with Gasteiger partial charge >= 0.3 is 0 Å². The van der Waals surface area contributed by atoms with Gasteiger partial charge in [0.15, 0.2) is 0 Å². The summed E-state index contributed by atoms with van der Waals surface area (Å²) in [5, 5.41) is 6.06. The lowest BCUT2D eigenvalue weighted by Crippen LogP contribution is -2.14. The molecule has 0 rings (SSSR count). The molecule has 0 spiro atoms. The van der Waals surface area contributed by atoms with Crippen LogP contribution in [0, 0.1) is 5.92 Å². The van der Waals surface area contributed by atoms with Crippen molar-refractivity contribution in [2.75, 3.05) is 0 Å². The van der Waals surface area contributed by atoms with E-state index >= 15 is 0 Å². The molecule has 0 aromatic carbocycles. The van der Waals surface area contributed by atoms with Crippen molar-refractivity contribution in [3.05, 3.63) is 0 Å². The van der Waals surface area contributed by atoms with Crippen molar-refractivity contribution >= 4 is 15.4 Å². The third-order valence-corrected chi connectivity index (χ3v) is 1.48. The second kappa shape index (κ2) is 3.20. The molecular formula is C5H13NO2S. The van der Waals surface area contributed by atoms with Crippen LogP contribution in [0.3, 0.4) is 0 Å². The van der Waals surface area contributed by atoms with E-state index in [0.29, 0.717) is 12.3 Å². The van der Waals surface area contributed by atoms with Gasteiger partial charge in [0.1, 0.15) is 9.99 Å². The van der Waals surface area contributed by atoms with E-state index in [0.717, 1.165) is 0 Å². The van der Waals surface area contributed by atoms with Crippen LogP contribution >= 0.6 is 0 Å². The highest BCUT2D eigenvalue weighted by atomic mass is 32.2. The van der Waals surface area contributed by atoms with Crippen molar-refractivity contribution < 1.29 is 8.76 Å². The summed E-state index contributed by atoms with van der Waals surface area (Å²) in [6.45, 7) is 3.92. The highest BCUT2D eigenvalue weighted by Gasteiger charge is 1.92. The lowest BCUT2D eigenvalue weighted by molar-refractivity contribution is 0.560. The van der Waals surface area contributed by atoms with E-state index in [-0.39, 0.29) is 0 Å². The van der Waals surface area contributed by atoms with Crippen molar-refractivity contribution in [1.82, 2.24) is 0 Å². The van der Waals surface area contributed by atoms with Crippen molar-refractivity contribution in [3.63, 3.8) is 0 Å². The van der Waals surface area contributed by atoms with Crippen molar-refractivity contribution in [3.8, 4) is 0 Å². The second-order valence-corrected chi connectivity index (χ2v) is 3.97. The van der Waals surface area contributed by atoms with Gasteiger partial charge in [0.2, 0.25) is 0 Å². The smallest absolute Gasteiger partial charge is 0.138 e. The first-order valence-electron chi connectivity index (χ1n) is 2.79. The Balaban J connectivity index is 3.87. The lowest BCUT2D eigenvalue weighted by atomic mass is 10.2. The average molecular weight is 151 g/mol. The summed E-state index contributed by atoms with van der Waals surface area (Å²) in [6.07, 6.45) is 0.589. The number of rotatable bonds is 2. The Morgan fingerprint density at radius 3 is 2.33 bits per heavy atom. The molecule has 3 nitrogen and oxygen atoms in total. The third-order valence-electron chi connectivity index (χ3n) is 0.806. The molecule has 3 N–H and O–H groups in total. The third kappa shape index (κ3) is 7.94. The molecule has 0 saturated carbocycles. The van der Waals surface area contributed by atoms with E-state index in [4.69, 9.17) is 9.69 Å². The van der Waals surface area contributed by atoms with Gasteiger partial charge in [-0.15, -0.1) is 0 Å². The number of hydrogen-bond acceptors (Lipinski definition) is 1. The summed E-state index contributed by atoms with van der Waals surface area (Å²) in [7, 11) is -3.09. The first-order chi connectivity index (χ1) is 3.92. The van der Waals surface area contributed by atoms with Crippen LogP contribution in [0.2, 0.25) is 0 Å². The van der Waals surface area contributed by atoms with Crippen LogP contribution in [0.25, 0.3) is 0 Å². The molecule has 0 aliphatic heterocycles. The number of hydrogen-bond donors (Lipinski definition) is 2. The Morgan fingerprint density at radius 1 is 1.78 bits per heavy atom. The highest BCUT2D eigenvalue weighted by molar-refractivity contribution is 7.93. The van der Waals surface area contributed by atoms with Crippen LogP contribution < -0.4 is 5.14 Å². The lowest BCUT2D eigenvalue weighted by Gasteiger charge is -1.97. The molecule has 1 unspecified atom stereocenters. The molecule has 9 heavy (non-hydrogen) atoms. The van der Waals surface area contributed by atoms with Crippen molar-refractivity contribution in [1.29, 1.82) is 0 Å². The normalized spacial score (nSPS) is 17.4. The average Bonchev–Trinajstić information content (AvgIpc) is 1.59. The fraction of sp³-hybridized carbons (Fsp3) is 0.800. The molecule has 0 fully saturated rings. The number of nitrogens with two attached hydrogens (primary N) is 1. The summed E-state index contributed by atoms with van der Waals surface area (Å²) in [5.41, 5.74) is 0. The topological polar surface area (TPSA) is 63.3 Å². The Morgan fingerprint density at radius 2 is 2.22 bits per heavy atom. The predicted molar refractivity (Wildman–Crippen MR) is 40.5 cm³/mol. The van der Waals surface area contributed by atoms with Crippen molar-refractivity contribution in [2.45, 2.75) is 20.3 Å². The monoisotopic (exact) mass is 151 g/mol. The van der Waals surface area contributed by atoms with E-state index in [9.17, 15) is 4.21 Å². The van der Waals surface area contributed by atoms with Gasteiger partial charge in [-0.25, -0.2) is 9.35 Å². The molecule has 4 heteroatoms. The van der Waals surface area contributed by atoms with Gasteiger partial charge < -0.3 is 4.55 Å². The Labute approximate surface area is 56.2 Å². The largest absolute Gasteiger partial charge is 0.303 e. The van der Waals surface area contributed by atoms with Gasteiger partial charge in [0, 0.05) is 5.37 Å². The summed E-state index contributed by atoms with van der Waals surface area (Å²) >= 11 is 0. The minimum atomic E-state index is -3.09. The molecule has 0 radical (unpaired) electrons. The minimum Gasteiger partial charge on any atom is -0.303 e. The van der Waals surface area contributed by atoms with Crippen LogP contribution in [0.15, 0.2) is 0 Å². The zero-order chi connectivity index (χ0) is 7.49. The molecular weight excluding hydrogens is 138 g/mol. The summed E-state index contributed by atoms with van der Waals surface area (Å²) in [4.78, 5) is 0. The van der Waals surface area contributed by atoms with Gasteiger partial charge in [-0.1, -0.05) is 13.8 Å². The van der Waals surface area contributed by atoms with Crippen LogP contribution in [-0.4, -0.2) is 14.1 Å². The summed E-state index contributed by atoms with van der Waals surface area (Å²) in [6, 6.07) is 0. The van der Waals surface area contributed by atoms with E-state index in [1.807, 2.05) is 13.8 Å². The van der Waals surface area contributed by atoms with E-state index in [2.05, 4.69) is 0 Å². The quantitative estimate of drug-likeness (QED) is 0.563. The van der Waals surface area contributed by atoms with Gasteiger partial charge in [-0.3, -0.25) is 0 Å². The summed E-state index contributed by atoms with van der Waals surface area (Å²) in [5.74, 6) is 0.390. The first-order valence-corrected chi connectivity index (χ1v) is 4.43. The minimum absolute atomic E-state index is 0.390. The van der Waals surface area contributed by atoms with Gasteiger partial charge in [-0.05, 0) is 12.3 Å². The maximum atomic E-state index is 10.4. The molecule has 0 aromatic rings. The Kier molecular flexibility index (Phi) is 3.17. The van der Waals surface area contributed by atoms with E-state index in [1.165, 1.54) is 5.37 Å². The molecule has 1 atom stereocenters. The highest BCUT2D eigenvalue weighted by Crippen LogP contribution is 1.95. The van der Waals surface area contributed by atoms with Crippen molar-refractivity contribution in [2.24, 2.45) is 11.1 Å². The van der Waals surface area contributed by atoms with Crippen LogP contribution in [0.1, 0.15) is 20.3 Å². The fourth-order valence-corrected chi connectivity index (χ4v) is 0.991. The first kappa shape index (κ1) is 8.94. The molecule has 0 bridgehead atoms. The van der Waals surface area contributed by atoms with Crippen LogP contribution in [0.4, 0.5) is 0 Å². The predicted octanol–water partition coefficient (Wildman–Crippen LogP) is 0.466. The maximum Gasteiger partial charge on any atom is 0.138 e. The Hall–Kier alpha value is -0.0600. The summed E-state index contributed by atoms with van der Waals surface area (Å²) < 4.78 is 18.9. The SMILES string of the molecule is CC(C)CC=S(N)(=O)O. The van der Waals surface area contributed by atoms with Crippen LogP contribution in [0.5, 0.6) is 0 Å². The maximum absolute atomic E-state index is 10.4. The molecule has 0 heterocycles. The van der Waals surface area contributed by atoms with E-state index in [1.54, 1.807) is 0 Å². The zero-order valence-corrected chi connectivity index (χ0v) is 6.52. The molecule has 0 aliphatic carbocycles. The van der Waals surface area contributed by atoms with Gasteiger partial charge in [0.05, 0.1) is 0 Å². The van der Waals surface area contributed by atoms with E-state index < -0.39 is 9.99 Å².